The Morgan fingerprint density at radius 3 is 1.92 bits per heavy atom. The summed E-state index contributed by atoms with van der Waals surface area (Å²) in [6.45, 7) is 27.5. The van der Waals surface area contributed by atoms with Crippen LogP contribution in [0, 0.1) is 56.2 Å². The van der Waals surface area contributed by atoms with Crippen molar-refractivity contribution in [2.24, 2.45) is 56.2 Å². The molecular formula is C47H82O3. The van der Waals surface area contributed by atoms with Crippen molar-refractivity contribution in [3.8, 4) is 0 Å². The number of allylic oxidation sites excluding steroid dienone is 1. The second-order valence-electron chi connectivity index (χ2n) is 21.0. The molecule has 288 valence electrons. The maximum absolute atomic E-state index is 13.3. The Morgan fingerprint density at radius 2 is 1.30 bits per heavy atom. The largest absolute Gasteiger partial charge is 0.462 e. The van der Waals surface area contributed by atoms with Crippen LogP contribution in [-0.2, 0) is 9.53 Å². The number of aliphatic hydroxyl groups excluding tert-OH is 1. The number of aliphatic hydroxyl groups is 1. The summed E-state index contributed by atoms with van der Waals surface area (Å²) in [7, 11) is 0. The summed E-state index contributed by atoms with van der Waals surface area (Å²) in [5, 5.41) is 10.8. The van der Waals surface area contributed by atoms with Crippen LogP contribution in [0.15, 0.2) is 12.2 Å². The highest BCUT2D eigenvalue weighted by Crippen LogP contribution is 2.81. The first-order chi connectivity index (χ1) is 23.5. The maximum atomic E-state index is 13.3. The number of unbranched alkanes of at least 4 members (excludes halogenated alkanes) is 10. The molecule has 0 radical (unpaired) electrons. The van der Waals surface area contributed by atoms with Crippen molar-refractivity contribution in [1.29, 1.82) is 0 Å². The molecule has 0 aromatic carbocycles. The smallest absolute Gasteiger partial charge is 0.308 e. The summed E-state index contributed by atoms with van der Waals surface area (Å²) >= 11 is 0. The van der Waals surface area contributed by atoms with Crippen molar-refractivity contribution >= 4 is 5.97 Å². The predicted octanol–water partition coefficient (Wildman–Crippen LogP) is 13.4. The summed E-state index contributed by atoms with van der Waals surface area (Å²) < 4.78 is 6.35. The summed E-state index contributed by atoms with van der Waals surface area (Å²) in [4.78, 5) is 13.3. The van der Waals surface area contributed by atoms with Crippen LogP contribution in [0.3, 0.4) is 0 Å². The van der Waals surface area contributed by atoms with Crippen LogP contribution in [0.5, 0.6) is 0 Å². The standard InChI is InChI=1S/C47H82O3/c1-11-12-13-14-15-16-17-18-19-20-21-22-35(48)33-40(49)50-39-26-28-44(7)37(42(39,4)5)24-29-45(8)38(44)25-30-46(9)41-36(34(2)3)23-27-43(41,6)31-32-47(45,46)10/h35-39,41,48H,2,11-33H2,1,3-10H3. The number of carbonyl (C=O) groups is 1. The van der Waals surface area contributed by atoms with E-state index in [9.17, 15) is 9.90 Å². The van der Waals surface area contributed by atoms with Crippen LogP contribution in [-0.4, -0.2) is 23.3 Å². The molecule has 1 N–H and O–H groups in total. The van der Waals surface area contributed by atoms with Crippen LogP contribution in [0.4, 0.5) is 0 Å². The number of esters is 1. The minimum absolute atomic E-state index is 0.0544. The molecule has 0 aromatic heterocycles. The molecule has 3 nitrogen and oxygen atoms in total. The predicted molar refractivity (Wildman–Crippen MR) is 211 cm³/mol. The van der Waals surface area contributed by atoms with Crippen LogP contribution >= 0.6 is 0 Å². The van der Waals surface area contributed by atoms with Gasteiger partial charge in [-0.2, -0.15) is 0 Å². The lowest BCUT2D eigenvalue weighted by Crippen LogP contribution is -2.69. The molecular weight excluding hydrogens is 613 g/mol. The normalized spacial score (nSPS) is 42.5. The highest BCUT2D eigenvalue weighted by molar-refractivity contribution is 5.70. The number of fused-ring (bicyclic) bond motifs is 7. The number of ether oxygens (including phenoxy) is 1. The summed E-state index contributed by atoms with van der Waals surface area (Å²) in [6, 6.07) is 0. The van der Waals surface area contributed by atoms with Crippen molar-refractivity contribution in [2.45, 2.75) is 222 Å². The van der Waals surface area contributed by atoms with E-state index in [0.29, 0.717) is 45.8 Å². The first kappa shape index (κ1) is 40.4. The number of hydrogen-bond acceptors (Lipinski definition) is 3. The average molecular weight is 695 g/mol. The summed E-state index contributed by atoms with van der Waals surface area (Å²) in [5.41, 5.74) is 3.11. The lowest BCUT2D eigenvalue weighted by molar-refractivity contribution is -0.277. The third-order valence-electron chi connectivity index (χ3n) is 18.0. The van der Waals surface area contributed by atoms with E-state index in [2.05, 4.69) is 68.9 Å². The topological polar surface area (TPSA) is 46.5 Å². The van der Waals surface area contributed by atoms with Gasteiger partial charge in [-0.1, -0.05) is 138 Å². The SMILES string of the molecule is C=C(C)C1CCC2(C)CCC3(C)C(C)(CCC4C5(C)CCC(OC(=O)CC(O)CCCCCCCCCCCCC)C(C)(C)C5CCC43C)C12. The molecule has 5 saturated carbocycles. The third kappa shape index (κ3) is 7.08. The van der Waals surface area contributed by atoms with Gasteiger partial charge in [-0.05, 0) is 128 Å². The number of rotatable bonds is 16. The second-order valence-corrected chi connectivity index (χ2v) is 21.0. The molecule has 0 bridgehead atoms. The van der Waals surface area contributed by atoms with E-state index in [0.717, 1.165) is 31.6 Å². The molecule has 0 aliphatic heterocycles. The highest BCUT2D eigenvalue weighted by Gasteiger charge is 2.74. The lowest BCUT2D eigenvalue weighted by atomic mass is 9.29. The van der Waals surface area contributed by atoms with Gasteiger partial charge in [0, 0.05) is 5.41 Å². The van der Waals surface area contributed by atoms with Crippen molar-refractivity contribution in [1.82, 2.24) is 0 Å². The Labute approximate surface area is 310 Å². The Morgan fingerprint density at radius 1 is 0.720 bits per heavy atom. The van der Waals surface area contributed by atoms with Gasteiger partial charge >= 0.3 is 5.97 Å². The van der Waals surface area contributed by atoms with Crippen molar-refractivity contribution in [2.75, 3.05) is 0 Å². The number of carbonyl (C=O) groups excluding carboxylic acids is 1. The Hall–Kier alpha value is -0.830. The molecule has 5 fully saturated rings. The molecule has 0 spiro atoms. The van der Waals surface area contributed by atoms with Gasteiger partial charge in [0.1, 0.15) is 6.10 Å². The Kier molecular flexibility index (Phi) is 12.5. The molecule has 3 heteroatoms. The van der Waals surface area contributed by atoms with E-state index in [1.165, 1.54) is 115 Å². The van der Waals surface area contributed by atoms with Gasteiger partial charge in [0.2, 0.25) is 0 Å². The molecule has 0 amide bonds. The van der Waals surface area contributed by atoms with Gasteiger partial charge in [-0.25, -0.2) is 0 Å². The second kappa shape index (κ2) is 15.5. The fraction of sp³-hybridized carbons (Fsp3) is 0.936. The molecule has 0 heterocycles. The zero-order valence-corrected chi connectivity index (χ0v) is 34.7. The first-order valence-corrected chi connectivity index (χ1v) is 22.0. The van der Waals surface area contributed by atoms with Crippen LogP contribution in [0.25, 0.3) is 0 Å². The van der Waals surface area contributed by atoms with Gasteiger partial charge in [-0.15, -0.1) is 0 Å². The quantitative estimate of drug-likeness (QED) is 0.0994. The van der Waals surface area contributed by atoms with E-state index in [4.69, 9.17) is 4.74 Å². The Balaban J connectivity index is 1.15. The van der Waals surface area contributed by atoms with Crippen molar-refractivity contribution in [3.05, 3.63) is 12.2 Å². The molecule has 11 atom stereocenters. The fourth-order valence-electron chi connectivity index (χ4n) is 14.9. The molecule has 0 aromatic rings. The van der Waals surface area contributed by atoms with Gasteiger partial charge in [-0.3, -0.25) is 4.79 Å². The van der Waals surface area contributed by atoms with Crippen LogP contribution in [0.2, 0.25) is 0 Å². The zero-order chi connectivity index (χ0) is 36.6. The minimum Gasteiger partial charge on any atom is -0.462 e. The highest BCUT2D eigenvalue weighted by atomic mass is 16.5. The van der Waals surface area contributed by atoms with E-state index < -0.39 is 6.10 Å². The van der Waals surface area contributed by atoms with E-state index in [-0.39, 0.29) is 29.3 Å². The first-order valence-electron chi connectivity index (χ1n) is 22.0. The third-order valence-corrected chi connectivity index (χ3v) is 18.0. The van der Waals surface area contributed by atoms with Crippen LogP contribution < -0.4 is 0 Å². The van der Waals surface area contributed by atoms with Gasteiger partial charge < -0.3 is 9.84 Å². The van der Waals surface area contributed by atoms with Gasteiger partial charge in [0.15, 0.2) is 0 Å². The molecule has 0 saturated heterocycles. The fourth-order valence-corrected chi connectivity index (χ4v) is 14.9. The molecule has 50 heavy (non-hydrogen) atoms. The van der Waals surface area contributed by atoms with Crippen molar-refractivity contribution < 1.29 is 14.6 Å². The zero-order valence-electron chi connectivity index (χ0n) is 34.7. The number of hydrogen-bond donors (Lipinski definition) is 1. The summed E-state index contributed by atoms with van der Waals surface area (Å²) in [5.74, 6) is 2.52. The minimum atomic E-state index is -0.576. The maximum Gasteiger partial charge on any atom is 0.308 e. The average Bonchev–Trinajstić information content (AvgIpc) is 3.41. The molecule has 5 aliphatic carbocycles. The molecule has 5 aliphatic rings. The van der Waals surface area contributed by atoms with Crippen LogP contribution in [0.1, 0.15) is 210 Å². The molecule has 11 unspecified atom stereocenters. The lowest BCUT2D eigenvalue weighted by Gasteiger charge is -2.76. The van der Waals surface area contributed by atoms with Gasteiger partial charge in [0.25, 0.3) is 0 Å². The van der Waals surface area contributed by atoms with Gasteiger partial charge in [0.05, 0.1) is 12.5 Å². The van der Waals surface area contributed by atoms with E-state index in [1.54, 1.807) is 0 Å². The monoisotopic (exact) mass is 695 g/mol. The Bertz CT molecular complexity index is 1170. The molecule has 5 rings (SSSR count). The van der Waals surface area contributed by atoms with Crippen molar-refractivity contribution in [3.63, 3.8) is 0 Å². The van der Waals surface area contributed by atoms with E-state index >= 15 is 0 Å². The summed E-state index contributed by atoms with van der Waals surface area (Å²) in [6.07, 6.45) is 27.3. The van der Waals surface area contributed by atoms with E-state index in [1.807, 2.05) is 0 Å².